The van der Waals surface area contributed by atoms with Gasteiger partial charge in [-0.05, 0) is 30.7 Å². The average molecular weight is 399 g/mol. The van der Waals surface area contributed by atoms with Crippen LogP contribution in [0, 0.1) is 0 Å². The molecule has 4 aromatic rings. The topological polar surface area (TPSA) is 81.0 Å². The van der Waals surface area contributed by atoms with Crippen LogP contribution >= 0.6 is 0 Å². The molecule has 0 aliphatic carbocycles. The molecule has 1 unspecified atom stereocenters. The first-order valence-electron chi connectivity index (χ1n) is 9.89. The van der Waals surface area contributed by atoms with Crippen LogP contribution in [-0.2, 0) is 13.1 Å². The van der Waals surface area contributed by atoms with Gasteiger partial charge in [-0.1, -0.05) is 36.4 Å². The molecule has 3 heterocycles. The van der Waals surface area contributed by atoms with E-state index >= 15 is 0 Å². The van der Waals surface area contributed by atoms with Crippen molar-refractivity contribution in [1.29, 1.82) is 0 Å². The molecule has 150 valence electrons. The van der Waals surface area contributed by atoms with E-state index in [4.69, 9.17) is 0 Å². The molecule has 7 nitrogen and oxygen atoms in total. The van der Waals surface area contributed by atoms with E-state index in [2.05, 4.69) is 15.7 Å². The monoisotopic (exact) mass is 399 g/mol. The fourth-order valence-electron chi connectivity index (χ4n) is 3.89. The molecule has 2 amide bonds. The minimum Gasteiger partial charge on any atom is -0.347 e. The normalized spacial score (nSPS) is 15.6. The van der Waals surface area contributed by atoms with Crippen molar-refractivity contribution in [2.24, 2.45) is 0 Å². The molecule has 0 fully saturated rings. The Bertz CT molecular complexity index is 1260. The number of benzene rings is 2. The lowest BCUT2D eigenvalue weighted by atomic mass is 10.1. The average Bonchev–Trinajstić information content (AvgIpc) is 3.33. The van der Waals surface area contributed by atoms with Gasteiger partial charge in [-0.15, -0.1) is 0 Å². The third kappa shape index (κ3) is 3.34. The lowest BCUT2D eigenvalue weighted by Gasteiger charge is -2.23. The zero-order chi connectivity index (χ0) is 20.7. The number of carbonyl (C=O) groups is 2. The Morgan fingerprint density at radius 1 is 1.20 bits per heavy atom. The van der Waals surface area contributed by atoms with Crippen LogP contribution in [0.4, 0.5) is 5.69 Å². The fourth-order valence-corrected chi connectivity index (χ4v) is 3.89. The lowest BCUT2D eigenvalue weighted by molar-refractivity contribution is 0.0907. The van der Waals surface area contributed by atoms with Gasteiger partial charge < -0.3 is 15.2 Å². The van der Waals surface area contributed by atoms with Gasteiger partial charge in [0.2, 0.25) is 0 Å². The summed E-state index contributed by atoms with van der Waals surface area (Å²) in [5, 5.41) is 11.1. The third-order valence-corrected chi connectivity index (χ3v) is 5.31. The van der Waals surface area contributed by atoms with E-state index in [1.54, 1.807) is 16.9 Å². The number of nitrogens with one attached hydrogen (secondary N) is 2. The highest BCUT2D eigenvalue weighted by atomic mass is 16.2. The summed E-state index contributed by atoms with van der Waals surface area (Å²) in [6, 6.07) is 17.4. The number of anilines is 1. The molecular formula is C23H21N5O2. The van der Waals surface area contributed by atoms with Crippen LogP contribution in [0.1, 0.15) is 33.3 Å². The zero-order valence-electron chi connectivity index (χ0n) is 16.5. The molecule has 2 N–H and O–H groups in total. The number of carbonyl (C=O) groups excluding carboxylic acids is 2. The van der Waals surface area contributed by atoms with Crippen LogP contribution in [-0.4, -0.2) is 32.2 Å². The lowest BCUT2D eigenvalue weighted by Crippen LogP contribution is -2.42. The maximum absolute atomic E-state index is 12.8. The van der Waals surface area contributed by atoms with Crippen LogP contribution in [0.15, 0.2) is 67.0 Å². The maximum atomic E-state index is 12.8. The van der Waals surface area contributed by atoms with Gasteiger partial charge in [0.05, 0.1) is 18.4 Å². The second-order valence-corrected chi connectivity index (χ2v) is 7.65. The van der Waals surface area contributed by atoms with Crippen molar-refractivity contribution < 1.29 is 9.59 Å². The second-order valence-electron chi connectivity index (χ2n) is 7.65. The van der Waals surface area contributed by atoms with Crippen molar-refractivity contribution in [2.45, 2.75) is 26.1 Å². The molecule has 1 aliphatic heterocycles. The van der Waals surface area contributed by atoms with E-state index in [1.807, 2.05) is 66.2 Å². The van der Waals surface area contributed by atoms with E-state index < -0.39 is 0 Å². The summed E-state index contributed by atoms with van der Waals surface area (Å²) >= 11 is 0. The molecule has 0 saturated carbocycles. The minimum absolute atomic E-state index is 0.0496. The molecule has 0 spiro atoms. The van der Waals surface area contributed by atoms with Crippen molar-refractivity contribution in [3.63, 3.8) is 0 Å². The molecule has 0 radical (unpaired) electrons. The highest BCUT2D eigenvalue weighted by Crippen LogP contribution is 2.24. The number of amides is 2. The quantitative estimate of drug-likeness (QED) is 0.553. The Morgan fingerprint density at radius 3 is 2.87 bits per heavy atom. The Balaban J connectivity index is 1.36. The van der Waals surface area contributed by atoms with E-state index in [1.165, 1.54) is 0 Å². The Morgan fingerprint density at radius 2 is 2.03 bits per heavy atom. The largest absolute Gasteiger partial charge is 0.347 e. The zero-order valence-corrected chi connectivity index (χ0v) is 16.5. The Labute approximate surface area is 173 Å². The summed E-state index contributed by atoms with van der Waals surface area (Å²) in [7, 11) is 0. The second kappa shape index (κ2) is 7.18. The molecule has 0 saturated heterocycles. The molecule has 7 heteroatoms. The van der Waals surface area contributed by atoms with Crippen LogP contribution in [0.25, 0.3) is 10.9 Å². The molecule has 2 aromatic heterocycles. The number of hydrogen-bond acceptors (Lipinski definition) is 3. The smallest absolute Gasteiger partial charge is 0.268 e. The molecular weight excluding hydrogens is 378 g/mol. The first-order chi connectivity index (χ1) is 14.6. The Kier molecular flexibility index (Phi) is 4.35. The van der Waals surface area contributed by atoms with Crippen molar-refractivity contribution in [1.82, 2.24) is 19.7 Å². The van der Waals surface area contributed by atoms with Gasteiger partial charge in [-0.25, -0.2) is 0 Å². The summed E-state index contributed by atoms with van der Waals surface area (Å²) in [6.07, 6.45) is 3.46. The number of nitrogens with zero attached hydrogens (tertiary/aromatic N) is 3. The standard InChI is InChI=1S/C23H21N5O2/c1-15-12-28-20-10-18(8-7-17(20)9-21(28)23(30)25-15)22(29)26-19-11-24-27(14-19)13-16-5-3-2-4-6-16/h2-11,14-15H,12-13H2,1H3,(H,25,30)(H,26,29). The maximum Gasteiger partial charge on any atom is 0.268 e. The Hall–Kier alpha value is -3.87. The summed E-state index contributed by atoms with van der Waals surface area (Å²) in [6.45, 7) is 3.29. The highest BCUT2D eigenvalue weighted by Gasteiger charge is 2.24. The molecule has 1 atom stereocenters. The third-order valence-electron chi connectivity index (χ3n) is 5.31. The number of fused-ring (bicyclic) bond motifs is 3. The summed E-state index contributed by atoms with van der Waals surface area (Å²) in [5.41, 5.74) is 3.83. The van der Waals surface area contributed by atoms with Gasteiger partial charge in [0.1, 0.15) is 5.69 Å². The molecule has 30 heavy (non-hydrogen) atoms. The summed E-state index contributed by atoms with van der Waals surface area (Å²) in [4.78, 5) is 25.0. The van der Waals surface area contributed by atoms with Gasteiger partial charge in [0.15, 0.2) is 0 Å². The van der Waals surface area contributed by atoms with Gasteiger partial charge in [-0.3, -0.25) is 14.3 Å². The van der Waals surface area contributed by atoms with Gasteiger partial charge >= 0.3 is 0 Å². The SMILES string of the molecule is CC1Cn2c(cc3ccc(C(=O)Nc4cnn(Cc5ccccc5)c4)cc32)C(=O)N1. The van der Waals surface area contributed by atoms with E-state index in [-0.39, 0.29) is 17.9 Å². The fraction of sp³-hybridized carbons (Fsp3) is 0.174. The predicted octanol–water partition coefficient (Wildman–Crippen LogP) is 3.27. The van der Waals surface area contributed by atoms with E-state index in [0.29, 0.717) is 30.0 Å². The van der Waals surface area contributed by atoms with Gasteiger partial charge in [-0.2, -0.15) is 5.10 Å². The molecule has 1 aliphatic rings. The van der Waals surface area contributed by atoms with Crippen LogP contribution in [0.2, 0.25) is 0 Å². The van der Waals surface area contributed by atoms with Gasteiger partial charge in [0, 0.05) is 35.2 Å². The van der Waals surface area contributed by atoms with Crippen molar-refractivity contribution in [2.75, 3.05) is 5.32 Å². The molecule has 5 rings (SSSR count). The summed E-state index contributed by atoms with van der Waals surface area (Å²) in [5.74, 6) is -0.290. The van der Waals surface area contributed by atoms with E-state index in [9.17, 15) is 9.59 Å². The molecule has 2 aromatic carbocycles. The van der Waals surface area contributed by atoms with Crippen LogP contribution < -0.4 is 10.6 Å². The van der Waals surface area contributed by atoms with Crippen molar-refractivity contribution >= 4 is 28.4 Å². The van der Waals surface area contributed by atoms with E-state index in [0.717, 1.165) is 16.5 Å². The van der Waals surface area contributed by atoms with Crippen molar-refractivity contribution in [3.8, 4) is 0 Å². The highest BCUT2D eigenvalue weighted by molar-refractivity contribution is 6.07. The first kappa shape index (κ1) is 18.2. The predicted molar refractivity (Wildman–Crippen MR) is 115 cm³/mol. The van der Waals surface area contributed by atoms with Crippen molar-refractivity contribution in [3.05, 3.63) is 83.8 Å². The summed E-state index contributed by atoms with van der Waals surface area (Å²) < 4.78 is 3.77. The number of aromatic nitrogens is 3. The number of hydrogen-bond donors (Lipinski definition) is 2. The molecule has 0 bridgehead atoms. The van der Waals surface area contributed by atoms with Crippen LogP contribution in [0.5, 0.6) is 0 Å². The minimum atomic E-state index is -0.208. The van der Waals surface area contributed by atoms with Crippen LogP contribution in [0.3, 0.4) is 0 Å². The van der Waals surface area contributed by atoms with Gasteiger partial charge in [0.25, 0.3) is 11.8 Å². The number of rotatable bonds is 4. The first-order valence-corrected chi connectivity index (χ1v) is 9.89.